The van der Waals surface area contributed by atoms with Crippen LogP contribution in [0, 0.1) is 0 Å². The van der Waals surface area contributed by atoms with Gasteiger partial charge in [0.1, 0.15) is 11.5 Å². The van der Waals surface area contributed by atoms with Gasteiger partial charge in [0.15, 0.2) is 23.4 Å². The molecule has 0 atom stereocenters. The van der Waals surface area contributed by atoms with Gasteiger partial charge in [-0.05, 0) is 72.8 Å². The average molecular weight is 400 g/mol. The van der Waals surface area contributed by atoms with Crippen molar-refractivity contribution in [3.63, 3.8) is 0 Å². The fourth-order valence-corrected chi connectivity index (χ4v) is 2.95. The van der Waals surface area contributed by atoms with Crippen molar-refractivity contribution in [1.82, 2.24) is 0 Å². The van der Waals surface area contributed by atoms with Crippen LogP contribution in [0.15, 0.2) is 91.6 Å². The van der Waals surface area contributed by atoms with Crippen LogP contribution >= 0.6 is 0 Å². The van der Waals surface area contributed by atoms with E-state index in [0.717, 1.165) is 11.1 Å². The summed E-state index contributed by atoms with van der Waals surface area (Å²) in [7, 11) is 0. The van der Waals surface area contributed by atoms with Crippen LogP contribution in [0.25, 0.3) is 34.2 Å². The molecule has 0 radical (unpaired) electrons. The summed E-state index contributed by atoms with van der Waals surface area (Å²) in [5, 5.41) is 0. The Morgan fingerprint density at radius 2 is 0.800 bits per heavy atom. The van der Waals surface area contributed by atoms with Gasteiger partial charge in [-0.2, -0.15) is 0 Å². The van der Waals surface area contributed by atoms with Crippen molar-refractivity contribution in [3.05, 3.63) is 72.8 Å². The van der Waals surface area contributed by atoms with Crippen molar-refractivity contribution in [2.75, 3.05) is 0 Å². The van der Waals surface area contributed by atoms with Crippen molar-refractivity contribution in [3.8, 4) is 34.2 Å². The summed E-state index contributed by atoms with van der Waals surface area (Å²) in [6.45, 7) is 0. The lowest BCUT2D eigenvalue weighted by atomic mass is 10.1. The number of hydrogen-bond acceptors (Lipinski definition) is 4. The van der Waals surface area contributed by atoms with E-state index < -0.39 is 0 Å². The Labute approximate surface area is 172 Å². The molecule has 0 aliphatic rings. The highest BCUT2D eigenvalue weighted by atomic mass is 16.4. The zero-order chi connectivity index (χ0) is 21.1. The summed E-state index contributed by atoms with van der Waals surface area (Å²) in [6, 6.07) is 22.3. The molecule has 8 nitrogen and oxygen atoms in total. The smallest absolute Gasteiger partial charge is 0.191 e. The Kier molecular flexibility index (Phi) is 4.96. The summed E-state index contributed by atoms with van der Waals surface area (Å²) in [4.78, 5) is 8.01. The molecule has 0 spiro atoms. The number of rotatable bonds is 5. The van der Waals surface area contributed by atoms with Crippen LogP contribution in [0.1, 0.15) is 0 Å². The van der Waals surface area contributed by atoms with E-state index in [0.29, 0.717) is 34.4 Å². The third-order valence-electron chi connectivity index (χ3n) is 4.27. The Morgan fingerprint density at radius 1 is 0.467 bits per heavy atom. The quantitative estimate of drug-likeness (QED) is 0.296. The summed E-state index contributed by atoms with van der Waals surface area (Å²) in [6.07, 6.45) is 0. The molecule has 150 valence electrons. The fourth-order valence-electron chi connectivity index (χ4n) is 2.95. The zero-order valence-corrected chi connectivity index (χ0v) is 15.9. The first-order chi connectivity index (χ1) is 14.5. The number of hydrogen-bond donors (Lipinski definition) is 4. The Hall–Kier alpha value is -4.46. The van der Waals surface area contributed by atoms with Crippen molar-refractivity contribution in [1.29, 1.82) is 0 Å². The topological polar surface area (TPSA) is 155 Å². The molecule has 0 amide bonds. The van der Waals surface area contributed by atoms with Crippen LogP contribution < -0.4 is 22.9 Å². The minimum atomic E-state index is 0.0162. The SMILES string of the molecule is NC(N)=Nc1ccc(-c2ccc(-c3ccc(-c4ccc(N=C(N)N)cc4)o3)o2)cc1. The van der Waals surface area contributed by atoms with Gasteiger partial charge in [0.05, 0.1) is 11.4 Å². The summed E-state index contributed by atoms with van der Waals surface area (Å²) >= 11 is 0. The van der Waals surface area contributed by atoms with Crippen LogP contribution in [0.3, 0.4) is 0 Å². The zero-order valence-electron chi connectivity index (χ0n) is 15.9. The van der Waals surface area contributed by atoms with E-state index in [1.165, 1.54) is 0 Å². The van der Waals surface area contributed by atoms with Crippen molar-refractivity contribution < 1.29 is 8.83 Å². The molecule has 0 aliphatic heterocycles. The van der Waals surface area contributed by atoms with Gasteiger partial charge in [-0.1, -0.05) is 0 Å². The van der Waals surface area contributed by atoms with Gasteiger partial charge in [-0.15, -0.1) is 0 Å². The fraction of sp³-hybridized carbons (Fsp3) is 0. The molecule has 0 unspecified atom stereocenters. The van der Waals surface area contributed by atoms with Gasteiger partial charge in [0.25, 0.3) is 0 Å². The van der Waals surface area contributed by atoms with Gasteiger partial charge in [0, 0.05) is 11.1 Å². The molecular formula is C22H20N6O2. The maximum atomic E-state index is 5.96. The van der Waals surface area contributed by atoms with Gasteiger partial charge >= 0.3 is 0 Å². The maximum absolute atomic E-state index is 5.96. The van der Waals surface area contributed by atoms with E-state index >= 15 is 0 Å². The Balaban J connectivity index is 1.54. The van der Waals surface area contributed by atoms with Gasteiger partial charge in [0.2, 0.25) is 0 Å². The molecule has 0 bridgehead atoms. The number of aliphatic imine (C=N–C) groups is 2. The van der Waals surface area contributed by atoms with E-state index in [2.05, 4.69) is 9.98 Å². The number of benzene rings is 2. The average Bonchev–Trinajstić information content (AvgIpc) is 3.38. The second-order valence-electron chi connectivity index (χ2n) is 6.49. The number of guanidine groups is 2. The maximum Gasteiger partial charge on any atom is 0.191 e. The molecule has 4 rings (SSSR count). The Morgan fingerprint density at radius 3 is 1.13 bits per heavy atom. The molecule has 8 N–H and O–H groups in total. The largest absolute Gasteiger partial charge is 0.453 e. The molecule has 0 saturated heterocycles. The van der Waals surface area contributed by atoms with E-state index in [1.807, 2.05) is 72.8 Å². The molecule has 2 aromatic carbocycles. The lowest BCUT2D eigenvalue weighted by Gasteiger charge is -2.00. The van der Waals surface area contributed by atoms with Crippen LogP contribution in [-0.2, 0) is 0 Å². The molecule has 4 aromatic rings. The number of furan rings is 2. The van der Waals surface area contributed by atoms with Crippen molar-refractivity contribution >= 4 is 23.3 Å². The monoisotopic (exact) mass is 400 g/mol. The first-order valence-corrected chi connectivity index (χ1v) is 9.08. The molecule has 0 fully saturated rings. The lowest BCUT2D eigenvalue weighted by molar-refractivity contribution is 0.539. The van der Waals surface area contributed by atoms with E-state index in [1.54, 1.807) is 0 Å². The van der Waals surface area contributed by atoms with Crippen LogP contribution in [0.5, 0.6) is 0 Å². The predicted molar refractivity (Wildman–Crippen MR) is 118 cm³/mol. The number of nitrogens with zero attached hydrogens (tertiary/aromatic N) is 2. The standard InChI is InChI=1S/C22H20N6O2/c23-21(24)27-15-5-1-13(2-6-15)17-9-11-19(29-17)20-12-10-18(30-20)14-3-7-16(8-4-14)28-22(25)26/h1-12H,(H4,23,24,27)(H4,25,26,28). The molecule has 30 heavy (non-hydrogen) atoms. The highest BCUT2D eigenvalue weighted by molar-refractivity contribution is 5.80. The second kappa shape index (κ2) is 7.88. The summed E-state index contributed by atoms with van der Waals surface area (Å²) in [5.41, 5.74) is 24.7. The normalized spacial score (nSPS) is 10.5. The Bertz CT molecular complexity index is 1110. The third-order valence-corrected chi connectivity index (χ3v) is 4.27. The molecule has 0 aliphatic carbocycles. The van der Waals surface area contributed by atoms with Gasteiger partial charge < -0.3 is 31.8 Å². The summed E-state index contributed by atoms with van der Waals surface area (Å²) < 4.78 is 11.9. The van der Waals surface area contributed by atoms with Gasteiger partial charge in [-0.3, -0.25) is 0 Å². The van der Waals surface area contributed by atoms with Gasteiger partial charge in [-0.25, -0.2) is 9.98 Å². The van der Waals surface area contributed by atoms with Crippen LogP contribution in [-0.4, -0.2) is 11.9 Å². The summed E-state index contributed by atoms with van der Waals surface area (Å²) in [5.74, 6) is 2.70. The molecule has 0 saturated carbocycles. The first-order valence-electron chi connectivity index (χ1n) is 9.08. The molecular weight excluding hydrogens is 380 g/mol. The molecule has 2 heterocycles. The van der Waals surface area contributed by atoms with E-state index in [-0.39, 0.29) is 11.9 Å². The molecule has 8 heteroatoms. The third kappa shape index (κ3) is 4.17. The predicted octanol–water partition coefficient (Wildman–Crippen LogP) is 3.68. The number of nitrogens with two attached hydrogens (primary N) is 4. The highest BCUT2D eigenvalue weighted by Gasteiger charge is 2.12. The van der Waals surface area contributed by atoms with Crippen LogP contribution in [0.2, 0.25) is 0 Å². The van der Waals surface area contributed by atoms with Crippen LogP contribution in [0.4, 0.5) is 11.4 Å². The van der Waals surface area contributed by atoms with E-state index in [4.69, 9.17) is 31.8 Å². The first kappa shape index (κ1) is 18.9. The van der Waals surface area contributed by atoms with E-state index in [9.17, 15) is 0 Å². The second-order valence-corrected chi connectivity index (χ2v) is 6.49. The highest BCUT2D eigenvalue weighted by Crippen LogP contribution is 2.33. The van der Waals surface area contributed by atoms with Crippen molar-refractivity contribution in [2.45, 2.75) is 0 Å². The van der Waals surface area contributed by atoms with Crippen molar-refractivity contribution in [2.24, 2.45) is 32.9 Å². The molecule has 2 aromatic heterocycles. The lowest BCUT2D eigenvalue weighted by Crippen LogP contribution is -2.21. The minimum Gasteiger partial charge on any atom is -0.453 e. The minimum absolute atomic E-state index is 0.0162.